The summed E-state index contributed by atoms with van der Waals surface area (Å²) in [5.74, 6) is 0.284. The monoisotopic (exact) mass is 573 g/mol. The van der Waals surface area contributed by atoms with Crippen molar-refractivity contribution in [2.24, 2.45) is 5.41 Å². The molecular weight excluding hydrogens is 533 g/mol. The van der Waals surface area contributed by atoms with Crippen LogP contribution in [-0.4, -0.2) is 88.8 Å². The lowest BCUT2D eigenvalue weighted by Gasteiger charge is -2.54. The van der Waals surface area contributed by atoms with Crippen LogP contribution in [0.2, 0.25) is 0 Å². The molecule has 1 amide bonds. The number of amides is 1. The van der Waals surface area contributed by atoms with E-state index in [4.69, 9.17) is 4.74 Å². The highest BCUT2D eigenvalue weighted by molar-refractivity contribution is 5.97. The molecule has 2 saturated heterocycles. The summed E-state index contributed by atoms with van der Waals surface area (Å²) in [5.41, 5.74) is 1.98. The molecule has 2 aromatic rings. The smallest absolute Gasteiger partial charge is 0.282 e. The standard InChI is InChI=1S/C29H40FN7O2.ClH/c1-20(2)37(21(3)4)28(38)24-15-23(30)5-6-25(24)39-27-26(32-19-33-34-27)36-17-29(18-36)9-13-35(14-10-29)16-22-7-11-31-12-8-22;/h5-7,15,19-21,31H,8-14,16-18H2,1-4H3;1H. The minimum Gasteiger partial charge on any atom is -0.434 e. The van der Waals surface area contributed by atoms with Crippen molar-refractivity contribution in [3.8, 4) is 11.6 Å². The van der Waals surface area contributed by atoms with Gasteiger partial charge >= 0.3 is 0 Å². The SMILES string of the molecule is CC(C)N(C(=O)c1cc(F)ccc1Oc1nncnc1N1CC2(CCN(CC3=CCNCC3)CC2)C1)C(C)C.Cl. The van der Waals surface area contributed by atoms with Crippen molar-refractivity contribution >= 4 is 24.1 Å². The maximum absolute atomic E-state index is 14.3. The fraction of sp³-hybridized carbons (Fsp3) is 0.586. The number of ether oxygens (including phenoxy) is 1. The average molecular weight is 574 g/mol. The average Bonchev–Trinajstić information content (AvgIpc) is 2.89. The van der Waals surface area contributed by atoms with Gasteiger partial charge in [0.1, 0.15) is 17.9 Å². The molecule has 11 heteroatoms. The van der Waals surface area contributed by atoms with Gasteiger partial charge < -0.3 is 19.9 Å². The van der Waals surface area contributed by atoms with E-state index in [0.717, 1.165) is 65.1 Å². The third-order valence-corrected chi connectivity index (χ3v) is 8.15. The Morgan fingerprint density at radius 2 is 1.90 bits per heavy atom. The summed E-state index contributed by atoms with van der Waals surface area (Å²) in [5, 5.41) is 11.5. The van der Waals surface area contributed by atoms with Gasteiger partial charge in [0.15, 0.2) is 5.82 Å². The number of aromatic nitrogens is 3. The van der Waals surface area contributed by atoms with E-state index in [-0.39, 0.29) is 53.0 Å². The summed E-state index contributed by atoms with van der Waals surface area (Å²) >= 11 is 0. The molecule has 5 rings (SSSR count). The number of carbonyl (C=O) groups excluding carboxylic acids is 1. The van der Waals surface area contributed by atoms with Gasteiger partial charge in [-0.3, -0.25) is 9.69 Å². The normalized spacial score (nSPS) is 18.8. The summed E-state index contributed by atoms with van der Waals surface area (Å²) in [6, 6.07) is 3.89. The number of halogens is 2. The maximum atomic E-state index is 14.3. The quantitative estimate of drug-likeness (QED) is 0.468. The van der Waals surface area contributed by atoms with Gasteiger partial charge in [-0.2, -0.15) is 0 Å². The third-order valence-electron chi connectivity index (χ3n) is 8.15. The molecule has 2 fully saturated rings. The fourth-order valence-corrected chi connectivity index (χ4v) is 6.12. The van der Waals surface area contributed by atoms with Gasteiger partial charge in [0.25, 0.3) is 11.8 Å². The highest BCUT2D eigenvalue weighted by Crippen LogP contribution is 2.44. The van der Waals surface area contributed by atoms with Crippen molar-refractivity contribution in [3.05, 3.63) is 47.6 Å². The molecule has 218 valence electrons. The lowest BCUT2D eigenvalue weighted by molar-refractivity contribution is 0.0640. The lowest BCUT2D eigenvalue weighted by Crippen LogP contribution is -2.61. The lowest BCUT2D eigenvalue weighted by atomic mass is 9.72. The van der Waals surface area contributed by atoms with Gasteiger partial charge in [-0.05, 0) is 84.8 Å². The van der Waals surface area contributed by atoms with Crippen LogP contribution in [0.15, 0.2) is 36.2 Å². The minimum atomic E-state index is -0.497. The van der Waals surface area contributed by atoms with E-state index in [9.17, 15) is 9.18 Å². The molecular formula is C29H41ClFN7O2. The first-order valence-electron chi connectivity index (χ1n) is 14.1. The molecule has 0 bridgehead atoms. The second-order valence-electron chi connectivity index (χ2n) is 11.7. The molecule has 3 aliphatic rings. The predicted molar refractivity (Wildman–Crippen MR) is 156 cm³/mol. The molecule has 40 heavy (non-hydrogen) atoms. The molecule has 1 aromatic carbocycles. The Labute approximate surface area is 242 Å². The van der Waals surface area contributed by atoms with Crippen LogP contribution in [0.1, 0.15) is 57.3 Å². The second kappa shape index (κ2) is 12.8. The molecule has 0 atom stereocenters. The maximum Gasteiger partial charge on any atom is 0.282 e. The Bertz CT molecular complexity index is 1200. The third kappa shape index (κ3) is 6.56. The van der Waals surface area contributed by atoms with Crippen LogP contribution in [-0.2, 0) is 0 Å². The van der Waals surface area contributed by atoms with Crippen LogP contribution in [0.4, 0.5) is 10.2 Å². The summed E-state index contributed by atoms with van der Waals surface area (Å²) < 4.78 is 20.4. The zero-order valence-electron chi connectivity index (χ0n) is 23.9. The van der Waals surface area contributed by atoms with E-state index in [2.05, 4.69) is 36.4 Å². The van der Waals surface area contributed by atoms with Crippen LogP contribution in [0.5, 0.6) is 11.6 Å². The molecule has 4 heterocycles. The van der Waals surface area contributed by atoms with E-state index in [0.29, 0.717) is 5.82 Å². The van der Waals surface area contributed by atoms with Gasteiger partial charge in [0.2, 0.25) is 0 Å². The molecule has 0 unspecified atom stereocenters. The predicted octanol–water partition coefficient (Wildman–Crippen LogP) is 4.31. The molecule has 0 radical (unpaired) electrons. The van der Waals surface area contributed by atoms with Crippen molar-refractivity contribution in [1.82, 2.24) is 30.3 Å². The van der Waals surface area contributed by atoms with Crippen molar-refractivity contribution < 1.29 is 13.9 Å². The van der Waals surface area contributed by atoms with E-state index >= 15 is 0 Å². The number of benzene rings is 1. The number of rotatable bonds is 8. The summed E-state index contributed by atoms with van der Waals surface area (Å²) in [7, 11) is 0. The Balaban J connectivity index is 0.00000370. The van der Waals surface area contributed by atoms with Gasteiger partial charge in [0.05, 0.1) is 5.56 Å². The number of carbonyl (C=O) groups is 1. The Kier molecular flexibility index (Phi) is 9.64. The van der Waals surface area contributed by atoms with Crippen molar-refractivity contribution in [2.45, 2.75) is 59.0 Å². The highest BCUT2D eigenvalue weighted by Gasteiger charge is 2.46. The summed E-state index contributed by atoms with van der Waals surface area (Å²) in [6.07, 6.45) is 7.21. The van der Waals surface area contributed by atoms with Crippen LogP contribution in [0.25, 0.3) is 0 Å². The molecule has 0 saturated carbocycles. The Morgan fingerprint density at radius 1 is 1.18 bits per heavy atom. The zero-order chi connectivity index (χ0) is 27.6. The molecule has 1 aromatic heterocycles. The molecule has 1 spiro atoms. The number of anilines is 1. The molecule has 1 N–H and O–H groups in total. The number of piperidine rings is 1. The van der Waals surface area contributed by atoms with E-state index in [1.165, 1.54) is 24.5 Å². The zero-order valence-corrected chi connectivity index (χ0v) is 24.7. The minimum absolute atomic E-state index is 0. The number of hydrogen-bond donors (Lipinski definition) is 1. The van der Waals surface area contributed by atoms with E-state index < -0.39 is 5.82 Å². The Hall–Kier alpha value is -2.82. The fourth-order valence-electron chi connectivity index (χ4n) is 6.12. The molecule has 9 nitrogen and oxygen atoms in total. The summed E-state index contributed by atoms with van der Waals surface area (Å²) in [6.45, 7) is 14.9. The molecule has 0 aliphatic carbocycles. The van der Waals surface area contributed by atoms with Crippen LogP contribution < -0.4 is 15.0 Å². The van der Waals surface area contributed by atoms with Crippen LogP contribution >= 0.6 is 12.4 Å². The number of nitrogens with zero attached hydrogens (tertiary/aromatic N) is 6. The van der Waals surface area contributed by atoms with Gasteiger partial charge in [-0.1, -0.05) is 11.6 Å². The van der Waals surface area contributed by atoms with Gasteiger partial charge in [-0.25, -0.2) is 9.37 Å². The first kappa shape index (κ1) is 30.1. The number of nitrogens with one attached hydrogen (secondary N) is 1. The van der Waals surface area contributed by atoms with Crippen LogP contribution in [0, 0.1) is 11.2 Å². The Morgan fingerprint density at radius 3 is 2.55 bits per heavy atom. The first-order chi connectivity index (χ1) is 18.7. The highest BCUT2D eigenvalue weighted by atomic mass is 35.5. The number of likely N-dealkylation sites (tertiary alicyclic amines) is 1. The van der Waals surface area contributed by atoms with Crippen LogP contribution in [0.3, 0.4) is 0 Å². The van der Waals surface area contributed by atoms with E-state index in [1.54, 1.807) is 10.5 Å². The number of hydrogen-bond acceptors (Lipinski definition) is 8. The summed E-state index contributed by atoms with van der Waals surface area (Å²) in [4.78, 5) is 24.4. The second-order valence-corrected chi connectivity index (χ2v) is 11.7. The topological polar surface area (TPSA) is 86.7 Å². The van der Waals surface area contributed by atoms with Gasteiger partial charge in [-0.15, -0.1) is 22.6 Å². The first-order valence-corrected chi connectivity index (χ1v) is 14.1. The largest absolute Gasteiger partial charge is 0.434 e. The van der Waals surface area contributed by atoms with Crippen molar-refractivity contribution in [2.75, 3.05) is 50.7 Å². The van der Waals surface area contributed by atoms with Crippen molar-refractivity contribution in [1.29, 1.82) is 0 Å². The van der Waals surface area contributed by atoms with Crippen molar-refractivity contribution in [3.63, 3.8) is 0 Å². The van der Waals surface area contributed by atoms with E-state index in [1.807, 2.05) is 27.7 Å². The van der Waals surface area contributed by atoms with Gasteiger partial charge in [0, 0.05) is 43.7 Å². The molecule has 3 aliphatic heterocycles.